The zero-order valence-corrected chi connectivity index (χ0v) is 15.1. The Hall–Kier alpha value is -2.54. The lowest BCUT2D eigenvalue weighted by Gasteiger charge is -2.17. The lowest BCUT2D eigenvalue weighted by atomic mass is 10.1. The number of nitrogens with one attached hydrogen (secondary N) is 2. The predicted molar refractivity (Wildman–Crippen MR) is 103 cm³/mol. The molecule has 134 valence electrons. The summed E-state index contributed by atoms with van der Waals surface area (Å²) < 4.78 is 0. The van der Waals surface area contributed by atoms with Crippen LogP contribution in [-0.4, -0.2) is 35.6 Å². The maximum absolute atomic E-state index is 12.4. The number of carbonyl (C=O) groups excluding carboxylic acids is 2. The molecular formula is C19H20N4O2S. The summed E-state index contributed by atoms with van der Waals surface area (Å²) in [7, 11) is 0. The molecule has 0 saturated carbocycles. The highest BCUT2D eigenvalue weighted by Gasteiger charge is 2.17. The summed E-state index contributed by atoms with van der Waals surface area (Å²) in [5.74, 6) is 1.21. The van der Waals surface area contributed by atoms with E-state index in [-0.39, 0.29) is 11.8 Å². The number of hydrogen-bond acceptors (Lipinski definition) is 5. The first kappa shape index (κ1) is 16.9. The molecule has 0 unspecified atom stereocenters. The first-order valence-corrected chi connectivity index (χ1v) is 9.72. The number of amides is 2. The zero-order chi connectivity index (χ0) is 17.9. The van der Waals surface area contributed by atoms with E-state index >= 15 is 0 Å². The molecule has 2 aliphatic rings. The number of thioether (sulfide) groups is 1. The van der Waals surface area contributed by atoms with Crippen molar-refractivity contribution in [3.8, 4) is 0 Å². The fourth-order valence-electron chi connectivity index (χ4n) is 3.16. The summed E-state index contributed by atoms with van der Waals surface area (Å²) in [5.41, 5.74) is 2.20. The quantitative estimate of drug-likeness (QED) is 0.868. The van der Waals surface area contributed by atoms with Gasteiger partial charge in [-0.05, 0) is 42.7 Å². The van der Waals surface area contributed by atoms with Gasteiger partial charge in [-0.3, -0.25) is 9.59 Å². The van der Waals surface area contributed by atoms with Crippen molar-refractivity contribution in [3.05, 3.63) is 47.7 Å². The van der Waals surface area contributed by atoms with E-state index in [0.717, 1.165) is 29.4 Å². The number of carbonyl (C=O) groups is 2. The van der Waals surface area contributed by atoms with Crippen molar-refractivity contribution in [2.75, 3.05) is 29.1 Å². The average molecular weight is 368 g/mol. The molecule has 7 heteroatoms. The molecule has 0 atom stereocenters. The second kappa shape index (κ2) is 7.37. The molecule has 1 fully saturated rings. The third-order valence-corrected chi connectivity index (χ3v) is 5.64. The van der Waals surface area contributed by atoms with Gasteiger partial charge in [-0.2, -0.15) is 0 Å². The van der Waals surface area contributed by atoms with E-state index in [2.05, 4.69) is 20.5 Å². The number of benzene rings is 1. The Morgan fingerprint density at radius 2 is 2.08 bits per heavy atom. The van der Waals surface area contributed by atoms with E-state index < -0.39 is 0 Å². The molecule has 0 aliphatic carbocycles. The minimum absolute atomic E-state index is 0.0378. The SMILES string of the molecule is O=C1CSc2ccc(C(=O)NCc3ccc(N4CCCC4)nc3)cc2N1. The Kier molecular flexibility index (Phi) is 4.79. The Morgan fingerprint density at radius 1 is 1.23 bits per heavy atom. The van der Waals surface area contributed by atoms with Crippen LogP contribution in [0.5, 0.6) is 0 Å². The fourth-order valence-corrected chi connectivity index (χ4v) is 3.95. The average Bonchev–Trinajstić information content (AvgIpc) is 3.20. The van der Waals surface area contributed by atoms with Crippen LogP contribution in [-0.2, 0) is 11.3 Å². The van der Waals surface area contributed by atoms with Crippen LogP contribution < -0.4 is 15.5 Å². The Bertz CT molecular complexity index is 832. The highest BCUT2D eigenvalue weighted by atomic mass is 32.2. The van der Waals surface area contributed by atoms with E-state index in [1.54, 1.807) is 12.1 Å². The molecule has 2 N–H and O–H groups in total. The van der Waals surface area contributed by atoms with Crippen molar-refractivity contribution in [3.63, 3.8) is 0 Å². The first-order chi connectivity index (χ1) is 12.7. The second-order valence-corrected chi connectivity index (χ2v) is 7.47. The van der Waals surface area contributed by atoms with E-state index in [9.17, 15) is 9.59 Å². The van der Waals surface area contributed by atoms with Gasteiger partial charge in [0, 0.05) is 36.3 Å². The van der Waals surface area contributed by atoms with Gasteiger partial charge in [0.05, 0.1) is 11.4 Å². The molecule has 2 amide bonds. The van der Waals surface area contributed by atoms with Crippen LogP contribution in [0.15, 0.2) is 41.4 Å². The second-order valence-electron chi connectivity index (χ2n) is 6.45. The van der Waals surface area contributed by atoms with Crippen LogP contribution in [0.2, 0.25) is 0 Å². The van der Waals surface area contributed by atoms with Gasteiger partial charge in [-0.1, -0.05) is 6.07 Å². The smallest absolute Gasteiger partial charge is 0.251 e. The normalized spacial score (nSPS) is 16.2. The Balaban J connectivity index is 1.38. The molecule has 2 aliphatic heterocycles. The molecule has 1 saturated heterocycles. The summed E-state index contributed by atoms with van der Waals surface area (Å²) in [4.78, 5) is 31.7. The molecule has 2 aromatic rings. The number of nitrogens with zero attached hydrogens (tertiary/aromatic N) is 2. The molecule has 1 aromatic carbocycles. The number of rotatable bonds is 4. The fraction of sp³-hybridized carbons (Fsp3) is 0.316. The van der Waals surface area contributed by atoms with Crippen molar-refractivity contribution < 1.29 is 9.59 Å². The molecule has 0 radical (unpaired) electrons. The highest BCUT2D eigenvalue weighted by molar-refractivity contribution is 8.00. The van der Waals surface area contributed by atoms with Gasteiger partial charge < -0.3 is 15.5 Å². The van der Waals surface area contributed by atoms with Crippen molar-refractivity contribution in [2.45, 2.75) is 24.3 Å². The minimum atomic E-state index is -0.166. The van der Waals surface area contributed by atoms with Crippen molar-refractivity contribution in [2.24, 2.45) is 0 Å². The molecule has 26 heavy (non-hydrogen) atoms. The van der Waals surface area contributed by atoms with Gasteiger partial charge in [0.2, 0.25) is 5.91 Å². The largest absolute Gasteiger partial charge is 0.357 e. The molecule has 4 rings (SSSR count). The topological polar surface area (TPSA) is 74.3 Å². The van der Waals surface area contributed by atoms with Gasteiger partial charge in [0.1, 0.15) is 5.82 Å². The summed E-state index contributed by atoms with van der Waals surface area (Å²) in [6.07, 6.45) is 4.26. The molecule has 1 aromatic heterocycles. The lowest BCUT2D eigenvalue weighted by Crippen LogP contribution is -2.24. The number of pyridine rings is 1. The van der Waals surface area contributed by atoms with Crippen molar-refractivity contribution >= 4 is 35.1 Å². The number of aromatic nitrogens is 1. The van der Waals surface area contributed by atoms with Gasteiger partial charge in [0.25, 0.3) is 5.91 Å². The summed E-state index contributed by atoms with van der Waals surface area (Å²) in [6, 6.07) is 9.40. The van der Waals surface area contributed by atoms with Gasteiger partial charge >= 0.3 is 0 Å². The maximum Gasteiger partial charge on any atom is 0.251 e. The summed E-state index contributed by atoms with van der Waals surface area (Å²) >= 11 is 1.48. The van der Waals surface area contributed by atoms with E-state index in [0.29, 0.717) is 23.5 Å². The van der Waals surface area contributed by atoms with Crippen LogP contribution in [0.1, 0.15) is 28.8 Å². The number of hydrogen-bond donors (Lipinski definition) is 2. The molecule has 6 nitrogen and oxygen atoms in total. The van der Waals surface area contributed by atoms with E-state index in [4.69, 9.17) is 0 Å². The highest BCUT2D eigenvalue weighted by Crippen LogP contribution is 2.31. The van der Waals surface area contributed by atoms with Gasteiger partial charge in [-0.25, -0.2) is 4.98 Å². The number of anilines is 2. The standard InChI is InChI=1S/C19H20N4O2S/c24-18-12-26-16-5-4-14(9-15(16)22-18)19(25)21-11-13-3-6-17(20-10-13)23-7-1-2-8-23/h3-6,9-10H,1-2,7-8,11-12H2,(H,21,25)(H,22,24). The number of fused-ring (bicyclic) bond motifs is 1. The molecule has 3 heterocycles. The third kappa shape index (κ3) is 3.67. The molecule has 0 bridgehead atoms. The first-order valence-electron chi connectivity index (χ1n) is 8.74. The Morgan fingerprint density at radius 3 is 2.85 bits per heavy atom. The Labute approximate surface area is 156 Å². The predicted octanol–water partition coefficient (Wildman–Crippen LogP) is 2.66. The van der Waals surface area contributed by atoms with Crippen LogP contribution >= 0.6 is 11.8 Å². The summed E-state index contributed by atoms with van der Waals surface area (Å²) in [5, 5.41) is 5.72. The van der Waals surface area contributed by atoms with Crippen LogP contribution in [0, 0.1) is 0 Å². The molecular weight excluding hydrogens is 348 g/mol. The van der Waals surface area contributed by atoms with Gasteiger partial charge in [0.15, 0.2) is 0 Å². The van der Waals surface area contributed by atoms with E-state index in [1.165, 1.54) is 24.6 Å². The van der Waals surface area contributed by atoms with E-state index in [1.807, 2.05) is 24.4 Å². The van der Waals surface area contributed by atoms with Crippen LogP contribution in [0.4, 0.5) is 11.5 Å². The van der Waals surface area contributed by atoms with Crippen LogP contribution in [0.3, 0.4) is 0 Å². The lowest BCUT2D eigenvalue weighted by molar-refractivity contribution is -0.113. The summed E-state index contributed by atoms with van der Waals surface area (Å²) in [6.45, 7) is 2.55. The van der Waals surface area contributed by atoms with Crippen molar-refractivity contribution in [1.29, 1.82) is 0 Å². The van der Waals surface area contributed by atoms with Crippen LogP contribution in [0.25, 0.3) is 0 Å². The molecule has 0 spiro atoms. The monoisotopic (exact) mass is 368 g/mol. The van der Waals surface area contributed by atoms with Gasteiger partial charge in [-0.15, -0.1) is 11.8 Å². The minimum Gasteiger partial charge on any atom is -0.357 e. The maximum atomic E-state index is 12.4. The zero-order valence-electron chi connectivity index (χ0n) is 14.3. The van der Waals surface area contributed by atoms with Crippen molar-refractivity contribution in [1.82, 2.24) is 10.3 Å². The third-order valence-electron chi connectivity index (χ3n) is 4.57.